The van der Waals surface area contributed by atoms with Crippen molar-refractivity contribution in [1.82, 2.24) is 0 Å². The molecule has 20 heavy (non-hydrogen) atoms. The highest BCUT2D eigenvalue weighted by atomic mass is 32.2. The van der Waals surface area contributed by atoms with Crippen molar-refractivity contribution in [2.24, 2.45) is 0 Å². The van der Waals surface area contributed by atoms with Gasteiger partial charge >= 0.3 is 5.97 Å². The Balaban J connectivity index is 1.81. The maximum absolute atomic E-state index is 12.2. The van der Waals surface area contributed by atoms with Gasteiger partial charge < -0.3 is 10.4 Å². The van der Waals surface area contributed by atoms with Gasteiger partial charge in [-0.25, -0.2) is 4.79 Å². The van der Waals surface area contributed by atoms with Crippen LogP contribution >= 0.6 is 34.4 Å². The van der Waals surface area contributed by atoms with Crippen LogP contribution in [0.3, 0.4) is 0 Å². The summed E-state index contributed by atoms with van der Waals surface area (Å²) in [6.07, 6.45) is 1.01. The fourth-order valence-corrected chi connectivity index (χ4v) is 4.97. The van der Waals surface area contributed by atoms with Crippen LogP contribution in [0.15, 0.2) is 17.5 Å². The van der Waals surface area contributed by atoms with Crippen molar-refractivity contribution >= 4 is 52.0 Å². The largest absolute Gasteiger partial charge is 0.477 e. The van der Waals surface area contributed by atoms with Gasteiger partial charge in [0.05, 0.1) is 10.6 Å². The fraction of sp³-hybridized carbons (Fsp3) is 0.231. The molecule has 1 aliphatic rings. The van der Waals surface area contributed by atoms with E-state index in [0.29, 0.717) is 10.6 Å². The van der Waals surface area contributed by atoms with Gasteiger partial charge in [0.2, 0.25) is 0 Å². The molecule has 0 atom stereocenters. The third kappa shape index (κ3) is 2.61. The van der Waals surface area contributed by atoms with Crippen LogP contribution in [0.25, 0.3) is 0 Å². The van der Waals surface area contributed by atoms with E-state index < -0.39 is 5.97 Å². The summed E-state index contributed by atoms with van der Waals surface area (Å²) >= 11 is 4.49. The Hall–Kier alpha value is -1.31. The molecule has 104 valence electrons. The maximum Gasteiger partial charge on any atom is 0.348 e. The molecule has 0 radical (unpaired) electrons. The summed E-state index contributed by atoms with van der Waals surface area (Å²) in [6.45, 7) is 0. The smallest absolute Gasteiger partial charge is 0.348 e. The molecule has 2 aromatic heterocycles. The van der Waals surface area contributed by atoms with Crippen molar-refractivity contribution in [1.29, 1.82) is 0 Å². The molecule has 0 spiro atoms. The molecule has 0 aliphatic carbocycles. The Bertz CT molecular complexity index is 651. The van der Waals surface area contributed by atoms with Crippen LogP contribution < -0.4 is 5.32 Å². The fourth-order valence-electron chi connectivity index (χ4n) is 2.02. The van der Waals surface area contributed by atoms with E-state index in [1.54, 1.807) is 11.4 Å². The molecule has 1 amide bonds. The molecule has 3 heterocycles. The number of amides is 1. The van der Waals surface area contributed by atoms with Gasteiger partial charge in [-0.1, -0.05) is 0 Å². The quantitative estimate of drug-likeness (QED) is 0.905. The highest BCUT2D eigenvalue weighted by Crippen LogP contribution is 2.32. The third-order valence-corrected chi connectivity index (χ3v) is 6.11. The van der Waals surface area contributed by atoms with Crippen molar-refractivity contribution in [3.05, 3.63) is 37.7 Å². The summed E-state index contributed by atoms with van der Waals surface area (Å²) in [5.74, 6) is 0.813. The van der Waals surface area contributed by atoms with Crippen LogP contribution in [-0.4, -0.2) is 22.7 Å². The number of thioether (sulfide) groups is 1. The van der Waals surface area contributed by atoms with E-state index in [1.165, 1.54) is 21.8 Å². The summed E-state index contributed by atoms with van der Waals surface area (Å²) in [4.78, 5) is 25.3. The lowest BCUT2D eigenvalue weighted by Gasteiger charge is -2.08. The first kappa shape index (κ1) is 13.7. The van der Waals surface area contributed by atoms with Crippen LogP contribution in [0, 0.1) is 0 Å². The first-order valence-electron chi connectivity index (χ1n) is 5.96. The van der Waals surface area contributed by atoms with Crippen molar-refractivity contribution in [2.75, 3.05) is 11.1 Å². The second-order valence-corrected chi connectivity index (χ2v) is 7.44. The molecule has 2 aromatic rings. The van der Waals surface area contributed by atoms with E-state index in [4.69, 9.17) is 5.11 Å². The van der Waals surface area contributed by atoms with Gasteiger partial charge in [0.1, 0.15) is 4.88 Å². The minimum absolute atomic E-state index is 0.162. The average molecular weight is 325 g/mol. The van der Waals surface area contributed by atoms with Crippen molar-refractivity contribution < 1.29 is 14.7 Å². The Morgan fingerprint density at radius 1 is 1.35 bits per heavy atom. The van der Waals surface area contributed by atoms with E-state index >= 15 is 0 Å². The Kier molecular flexibility index (Phi) is 3.82. The van der Waals surface area contributed by atoms with E-state index in [-0.39, 0.29) is 10.8 Å². The second-order valence-electron chi connectivity index (χ2n) is 4.28. The molecule has 3 rings (SSSR count). The van der Waals surface area contributed by atoms with Gasteiger partial charge in [0.25, 0.3) is 5.91 Å². The number of aromatic carboxylic acids is 1. The number of aryl methyl sites for hydroxylation is 1. The standard InChI is InChI=1S/C13H11NO3S3/c15-12(14-8-1-4-19-11(8)13(16)17)10-5-7-6-18-3-2-9(7)20-10/h1,4-5H,2-3,6H2,(H,14,15)(H,16,17). The van der Waals surface area contributed by atoms with Gasteiger partial charge in [0.15, 0.2) is 0 Å². The summed E-state index contributed by atoms with van der Waals surface area (Å²) in [7, 11) is 0. The number of hydrogen-bond acceptors (Lipinski definition) is 5. The molecular formula is C13H11NO3S3. The first-order chi connectivity index (χ1) is 9.65. The van der Waals surface area contributed by atoms with Gasteiger partial charge in [-0.15, -0.1) is 22.7 Å². The van der Waals surface area contributed by atoms with Gasteiger partial charge in [0, 0.05) is 10.6 Å². The maximum atomic E-state index is 12.2. The summed E-state index contributed by atoms with van der Waals surface area (Å²) < 4.78 is 0. The Labute approximate surface area is 127 Å². The number of hydrogen-bond donors (Lipinski definition) is 2. The number of nitrogens with one attached hydrogen (secondary N) is 1. The number of rotatable bonds is 3. The number of carbonyl (C=O) groups is 2. The second kappa shape index (κ2) is 5.59. The van der Waals surface area contributed by atoms with E-state index in [0.717, 1.165) is 29.3 Å². The third-order valence-electron chi connectivity index (χ3n) is 2.96. The predicted molar refractivity (Wildman–Crippen MR) is 83.4 cm³/mol. The molecule has 0 bridgehead atoms. The minimum atomic E-state index is -1.02. The number of thiophene rings is 2. The molecular weight excluding hydrogens is 314 g/mol. The van der Waals surface area contributed by atoms with E-state index in [9.17, 15) is 9.59 Å². The lowest BCUT2D eigenvalue weighted by Crippen LogP contribution is -2.11. The van der Waals surface area contributed by atoms with E-state index in [1.807, 2.05) is 17.8 Å². The van der Waals surface area contributed by atoms with Crippen LogP contribution in [0.5, 0.6) is 0 Å². The van der Waals surface area contributed by atoms with Crippen molar-refractivity contribution in [2.45, 2.75) is 12.2 Å². The number of carboxylic acids is 1. The minimum Gasteiger partial charge on any atom is -0.477 e. The molecule has 0 unspecified atom stereocenters. The Morgan fingerprint density at radius 2 is 2.20 bits per heavy atom. The summed E-state index contributed by atoms with van der Waals surface area (Å²) in [5.41, 5.74) is 1.61. The van der Waals surface area contributed by atoms with E-state index in [2.05, 4.69) is 5.32 Å². The molecule has 7 heteroatoms. The topological polar surface area (TPSA) is 66.4 Å². The molecule has 0 saturated heterocycles. The molecule has 0 fully saturated rings. The predicted octanol–water partition coefficient (Wildman–Crippen LogP) is 3.55. The monoisotopic (exact) mass is 325 g/mol. The highest BCUT2D eigenvalue weighted by molar-refractivity contribution is 7.98. The van der Waals surface area contributed by atoms with Crippen LogP contribution in [0.2, 0.25) is 0 Å². The SMILES string of the molecule is O=C(Nc1ccsc1C(=O)O)c1cc2c(s1)CCSC2. The van der Waals surface area contributed by atoms with Crippen molar-refractivity contribution in [3.8, 4) is 0 Å². The first-order valence-corrected chi connectivity index (χ1v) is 8.81. The normalized spacial score (nSPS) is 13.8. The Morgan fingerprint density at radius 3 is 2.95 bits per heavy atom. The highest BCUT2D eigenvalue weighted by Gasteiger charge is 2.19. The number of carbonyl (C=O) groups excluding carboxylic acids is 1. The van der Waals surface area contributed by atoms with Crippen LogP contribution in [0.1, 0.15) is 29.8 Å². The molecule has 0 aromatic carbocycles. The lowest BCUT2D eigenvalue weighted by molar-refractivity contribution is 0.0703. The average Bonchev–Trinajstić information content (AvgIpc) is 3.03. The summed E-state index contributed by atoms with van der Waals surface area (Å²) in [6, 6.07) is 3.55. The van der Waals surface area contributed by atoms with Gasteiger partial charge in [-0.3, -0.25) is 4.79 Å². The molecule has 0 saturated carbocycles. The van der Waals surface area contributed by atoms with Gasteiger partial charge in [-0.05, 0) is 35.2 Å². The molecule has 2 N–H and O–H groups in total. The number of carboxylic acid groups (broad SMARTS) is 1. The van der Waals surface area contributed by atoms with Gasteiger partial charge in [-0.2, -0.15) is 11.8 Å². The zero-order chi connectivity index (χ0) is 14.1. The number of anilines is 1. The molecule has 4 nitrogen and oxygen atoms in total. The lowest BCUT2D eigenvalue weighted by atomic mass is 10.2. The zero-order valence-electron chi connectivity index (χ0n) is 10.3. The van der Waals surface area contributed by atoms with Crippen molar-refractivity contribution in [3.63, 3.8) is 0 Å². The zero-order valence-corrected chi connectivity index (χ0v) is 12.8. The summed E-state index contributed by atoms with van der Waals surface area (Å²) in [5, 5.41) is 13.4. The van der Waals surface area contributed by atoms with Crippen LogP contribution in [0.4, 0.5) is 5.69 Å². The number of fused-ring (bicyclic) bond motifs is 1. The van der Waals surface area contributed by atoms with Crippen LogP contribution in [-0.2, 0) is 12.2 Å². The molecule has 1 aliphatic heterocycles.